The van der Waals surface area contributed by atoms with Crippen molar-refractivity contribution >= 4 is 11.8 Å². The minimum Gasteiger partial charge on any atom is -0.494 e. The smallest absolute Gasteiger partial charge is 0.251 e. The van der Waals surface area contributed by atoms with Crippen LogP contribution in [0, 0.1) is 23.2 Å². The molecule has 0 atom stereocenters. The lowest BCUT2D eigenvalue weighted by molar-refractivity contribution is -0.122. The maximum Gasteiger partial charge on any atom is 0.251 e. The van der Waals surface area contributed by atoms with Gasteiger partial charge in [-0.15, -0.1) is 0 Å². The number of carbonyl (C=O) groups is 2. The van der Waals surface area contributed by atoms with Crippen LogP contribution in [0.5, 0.6) is 5.75 Å². The number of ether oxygens (including phenoxy) is 1. The SMILES string of the molecule is CCOc1ccc(C(=O)NCC(=O)NCC23CC4CC(CC(C4)C2)C3)cc1. The van der Waals surface area contributed by atoms with Gasteiger partial charge in [0.15, 0.2) is 0 Å². The van der Waals surface area contributed by atoms with E-state index in [-0.39, 0.29) is 18.4 Å². The van der Waals surface area contributed by atoms with Crippen molar-refractivity contribution in [3.63, 3.8) is 0 Å². The van der Waals surface area contributed by atoms with Crippen LogP contribution >= 0.6 is 0 Å². The first-order chi connectivity index (χ1) is 13.0. The van der Waals surface area contributed by atoms with Crippen LogP contribution in [0.3, 0.4) is 0 Å². The standard InChI is InChI=1S/C22H30N2O3/c1-2-27-19-5-3-18(4-6-19)21(26)23-13-20(25)24-14-22-10-15-7-16(11-22)9-17(8-15)12-22/h3-6,15-17H,2,7-14H2,1H3,(H,23,26)(H,24,25). The van der Waals surface area contributed by atoms with Gasteiger partial charge in [0.05, 0.1) is 13.2 Å². The van der Waals surface area contributed by atoms with E-state index in [0.29, 0.717) is 17.6 Å². The summed E-state index contributed by atoms with van der Waals surface area (Å²) in [7, 11) is 0. The van der Waals surface area contributed by atoms with E-state index in [0.717, 1.165) is 30.0 Å². The lowest BCUT2D eigenvalue weighted by atomic mass is 9.49. The molecule has 0 unspecified atom stereocenters. The zero-order valence-corrected chi connectivity index (χ0v) is 16.1. The number of hydrogen-bond acceptors (Lipinski definition) is 3. The van der Waals surface area contributed by atoms with Gasteiger partial charge in [0.1, 0.15) is 5.75 Å². The van der Waals surface area contributed by atoms with Crippen molar-refractivity contribution in [2.75, 3.05) is 19.7 Å². The quantitative estimate of drug-likeness (QED) is 0.775. The molecule has 2 N–H and O–H groups in total. The molecule has 1 aromatic carbocycles. The number of benzene rings is 1. The molecule has 2 amide bonds. The highest BCUT2D eigenvalue weighted by molar-refractivity contribution is 5.96. The molecule has 0 aliphatic heterocycles. The first kappa shape index (κ1) is 18.3. The molecule has 146 valence electrons. The van der Waals surface area contributed by atoms with Crippen LogP contribution < -0.4 is 15.4 Å². The highest BCUT2D eigenvalue weighted by Gasteiger charge is 2.50. The van der Waals surface area contributed by atoms with Crippen molar-refractivity contribution in [1.29, 1.82) is 0 Å². The zero-order valence-electron chi connectivity index (χ0n) is 16.1. The third-order valence-corrected chi connectivity index (χ3v) is 6.66. The monoisotopic (exact) mass is 370 g/mol. The second kappa shape index (κ2) is 7.53. The summed E-state index contributed by atoms with van der Waals surface area (Å²) in [4.78, 5) is 24.5. The minimum atomic E-state index is -0.233. The predicted molar refractivity (Wildman–Crippen MR) is 104 cm³/mol. The Bertz CT molecular complexity index is 663. The number of rotatable bonds is 7. The Kier molecular flexibility index (Phi) is 5.11. The molecular weight excluding hydrogens is 340 g/mol. The van der Waals surface area contributed by atoms with Crippen LogP contribution in [0.2, 0.25) is 0 Å². The third-order valence-electron chi connectivity index (χ3n) is 6.66. The summed E-state index contributed by atoms with van der Waals surface area (Å²) in [5, 5.41) is 5.82. The Morgan fingerprint density at radius 3 is 2.15 bits per heavy atom. The van der Waals surface area contributed by atoms with Crippen LogP contribution in [0.4, 0.5) is 0 Å². The second-order valence-electron chi connectivity index (χ2n) is 8.83. The fourth-order valence-electron chi connectivity index (χ4n) is 5.99. The van der Waals surface area contributed by atoms with Gasteiger partial charge in [0, 0.05) is 12.1 Å². The fourth-order valence-corrected chi connectivity index (χ4v) is 5.99. The van der Waals surface area contributed by atoms with Gasteiger partial charge in [-0.3, -0.25) is 9.59 Å². The number of nitrogens with one attached hydrogen (secondary N) is 2. The lowest BCUT2D eigenvalue weighted by Gasteiger charge is -2.56. The van der Waals surface area contributed by atoms with Crippen LogP contribution in [-0.2, 0) is 4.79 Å². The van der Waals surface area contributed by atoms with Gasteiger partial charge in [-0.25, -0.2) is 0 Å². The summed E-state index contributed by atoms with van der Waals surface area (Å²) in [6.45, 7) is 3.31. The van der Waals surface area contributed by atoms with E-state index in [9.17, 15) is 9.59 Å². The topological polar surface area (TPSA) is 67.4 Å². The Balaban J connectivity index is 1.23. The number of hydrogen-bond donors (Lipinski definition) is 2. The maximum absolute atomic E-state index is 12.3. The summed E-state index contributed by atoms with van der Waals surface area (Å²) < 4.78 is 5.38. The molecule has 4 bridgehead atoms. The molecule has 27 heavy (non-hydrogen) atoms. The van der Waals surface area contributed by atoms with E-state index in [1.807, 2.05) is 6.92 Å². The largest absolute Gasteiger partial charge is 0.494 e. The maximum atomic E-state index is 12.3. The van der Waals surface area contributed by atoms with Crippen molar-refractivity contribution in [3.8, 4) is 5.75 Å². The summed E-state index contributed by atoms with van der Waals surface area (Å²) in [5.74, 6) is 3.06. The normalized spacial score (nSPS) is 30.8. The Hall–Kier alpha value is -2.04. The van der Waals surface area contributed by atoms with Crippen molar-refractivity contribution in [2.24, 2.45) is 23.2 Å². The van der Waals surface area contributed by atoms with E-state index in [2.05, 4.69) is 10.6 Å². The molecule has 4 aliphatic carbocycles. The minimum absolute atomic E-state index is 0.0262. The van der Waals surface area contributed by atoms with E-state index in [1.54, 1.807) is 24.3 Å². The average molecular weight is 370 g/mol. The van der Waals surface area contributed by atoms with E-state index in [1.165, 1.54) is 38.5 Å². The molecule has 1 aromatic rings. The summed E-state index contributed by atoms with van der Waals surface area (Å²) in [6.07, 6.45) is 8.05. The molecule has 4 aliphatic rings. The molecular formula is C22H30N2O3. The highest BCUT2D eigenvalue weighted by atomic mass is 16.5. The van der Waals surface area contributed by atoms with Gasteiger partial charge in [-0.1, -0.05) is 0 Å². The Morgan fingerprint density at radius 2 is 1.59 bits per heavy atom. The molecule has 0 heterocycles. The van der Waals surface area contributed by atoms with Gasteiger partial charge < -0.3 is 15.4 Å². The zero-order chi connectivity index (χ0) is 18.9. The van der Waals surface area contributed by atoms with Gasteiger partial charge in [0.25, 0.3) is 5.91 Å². The van der Waals surface area contributed by atoms with Crippen LogP contribution in [0.15, 0.2) is 24.3 Å². The predicted octanol–water partition coefficient (Wildman–Crippen LogP) is 3.15. The van der Waals surface area contributed by atoms with Crippen molar-refractivity contribution in [3.05, 3.63) is 29.8 Å². The Morgan fingerprint density at radius 1 is 1.00 bits per heavy atom. The number of amides is 2. The molecule has 0 saturated heterocycles. The molecule has 4 fully saturated rings. The van der Waals surface area contributed by atoms with Gasteiger partial charge in [-0.2, -0.15) is 0 Å². The molecule has 5 rings (SSSR count). The Labute approximate surface area is 161 Å². The van der Waals surface area contributed by atoms with Crippen LogP contribution in [0.25, 0.3) is 0 Å². The van der Waals surface area contributed by atoms with Crippen LogP contribution in [-0.4, -0.2) is 31.5 Å². The molecule has 0 aromatic heterocycles. The second-order valence-corrected chi connectivity index (χ2v) is 8.83. The van der Waals surface area contributed by atoms with E-state index >= 15 is 0 Å². The van der Waals surface area contributed by atoms with Gasteiger partial charge >= 0.3 is 0 Å². The third kappa shape index (κ3) is 4.12. The molecule has 4 saturated carbocycles. The first-order valence-corrected chi connectivity index (χ1v) is 10.3. The summed E-state index contributed by atoms with van der Waals surface area (Å²) in [6, 6.07) is 6.97. The highest BCUT2D eigenvalue weighted by Crippen LogP contribution is 2.59. The van der Waals surface area contributed by atoms with E-state index in [4.69, 9.17) is 4.74 Å². The molecule has 0 radical (unpaired) electrons. The van der Waals surface area contributed by atoms with Gasteiger partial charge in [-0.05, 0) is 92.9 Å². The van der Waals surface area contributed by atoms with Crippen molar-refractivity contribution < 1.29 is 14.3 Å². The fraction of sp³-hybridized carbons (Fsp3) is 0.636. The van der Waals surface area contributed by atoms with E-state index < -0.39 is 0 Å². The average Bonchev–Trinajstić information content (AvgIpc) is 2.64. The molecule has 0 spiro atoms. The summed E-state index contributed by atoms with van der Waals surface area (Å²) in [5.41, 5.74) is 0.858. The molecule has 5 heteroatoms. The molecule has 5 nitrogen and oxygen atoms in total. The van der Waals surface area contributed by atoms with Crippen molar-refractivity contribution in [2.45, 2.75) is 45.4 Å². The first-order valence-electron chi connectivity index (χ1n) is 10.3. The summed E-state index contributed by atoms with van der Waals surface area (Å²) >= 11 is 0. The van der Waals surface area contributed by atoms with Crippen LogP contribution in [0.1, 0.15) is 55.8 Å². The van der Waals surface area contributed by atoms with Gasteiger partial charge in [0.2, 0.25) is 5.91 Å². The number of carbonyl (C=O) groups excluding carboxylic acids is 2. The lowest BCUT2D eigenvalue weighted by Crippen LogP contribution is -2.52. The van der Waals surface area contributed by atoms with Crippen molar-refractivity contribution in [1.82, 2.24) is 10.6 Å².